The van der Waals surface area contributed by atoms with Crippen LogP contribution in [0.2, 0.25) is 0 Å². The van der Waals surface area contributed by atoms with Crippen LogP contribution in [0.15, 0.2) is 0 Å². The molecule has 0 amide bonds. The van der Waals surface area contributed by atoms with Gasteiger partial charge in [-0.3, -0.25) is 0 Å². The summed E-state index contributed by atoms with van der Waals surface area (Å²) in [5.74, 6) is -1.86. The fraction of sp³-hybridized carbons (Fsp3) is 0.950. The fourth-order valence-corrected chi connectivity index (χ4v) is 7.03. The van der Waals surface area contributed by atoms with Crippen LogP contribution in [0.3, 0.4) is 0 Å². The van der Waals surface area contributed by atoms with E-state index in [0.717, 1.165) is 128 Å². The maximum atomic E-state index is 12.9. The largest absolute Gasteiger partial charge is 4.00 e. The van der Waals surface area contributed by atoms with Gasteiger partial charge in [-0.1, -0.05) is 199 Å². The Morgan fingerprint density at radius 1 is 0.404 bits per heavy atom. The van der Waals surface area contributed by atoms with Gasteiger partial charge >= 0.3 is 21.7 Å². The predicted octanol–water partition coefficient (Wildman–Crippen LogP) is 8.43. The Morgan fingerprint density at radius 2 is 0.638 bits per heavy atom. The van der Waals surface area contributed by atoms with E-state index in [-0.39, 0.29) is 45.4 Å². The van der Waals surface area contributed by atoms with Crippen molar-refractivity contribution < 1.29 is 51.7 Å². The molecule has 0 aromatic rings. The summed E-state index contributed by atoms with van der Waals surface area (Å²) in [6.45, 7) is 25.6. The fourth-order valence-electron chi connectivity index (χ4n) is 7.03. The average Bonchev–Trinajstić information content (AvgIpc) is 3.05. The van der Waals surface area contributed by atoms with Crippen LogP contribution in [0, 0.1) is 10.8 Å². The monoisotopic (exact) mass is 705 g/mol. The summed E-state index contributed by atoms with van der Waals surface area (Å²) < 4.78 is 0. The molecule has 47 heavy (non-hydrogen) atoms. The minimum atomic E-state index is -0.932. The van der Waals surface area contributed by atoms with Gasteiger partial charge in [-0.05, 0) is 36.5 Å². The first-order chi connectivity index (χ1) is 21.6. The third kappa shape index (κ3) is 22.8. The number of hydrogen-bond acceptors (Lipinski definition) is 6. The minimum Gasteiger partial charge on any atom is -0.849 e. The van der Waals surface area contributed by atoms with E-state index in [9.17, 15) is 30.0 Å². The first-order valence-electron chi connectivity index (χ1n) is 19.5. The van der Waals surface area contributed by atoms with Crippen molar-refractivity contribution in [3.05, 3.63) is 0 Å². The van der Waals surface area contributed by atoms with Crippen LogP contribution in [0.5, 0.6) is 0 Å². The molecule has 0 aliphatic rings. The summed E-state index contributed by atoms with van der Waals surface area (Å²) in [7, 11) is 0. The van der Waals surface area contributed by atoms with Crippen LogP contribution in [-0.4, -0.2) is 23.1 Å². The van der Waals surface area contributed by atoms with Crippen LogP contribution in [-0.2, 0) is 31.3 Å². The second kappa shape index (κ2) is 34.0. The second-order valence-electron chi connectivity index (χ2n) is 13.2. The van der Waals surface area contributed by atoms with Gasteiger partial charge in [-0.25, -0.2) is 0 Å². The molecule has 7 heteroatoms. The zero-order valence-corrected chi connectivity index (χ0v) is 35.1. The molecule has 0 N–H and O–H groups in total. The van der Waals surface area contributed by atoms with Gasteiger partial charge in [-0.15, -0.1) is 11.2 Å². The Morgan fingerprint density at radius 3 is 0.787 bits per heavy atom. The van der Waals surface area contributed by atoms with E-state index in [1.165, 1.54) is 0 Å². The Balaban J connectivity index is -0.000000173. The van der Waals surface area contributed by atoms with Gasteiger partial charge in [0, 0.05) is 11.9 Å². The summed E-state index contributed by atoms with van der Waals surface area (Å²) in [6.07, 6.45) is 20.0. The van der Waals surface area contributed by atoms with Crippen LogP contribution in [0.25, 0.3) is 0 Å². The first-order valence-corrected chi connectivity index (χ1v) is 19.5. The zero-order valence-electron chi connectivity index (χ0n) is 33.5. The van der Waals surface area contributed by atoms with E-state index >= 15 is 0 Å². The number of carboxylic acids is 2. The van der Waals surface area contributed by atoms with Gasteiger partial charge in [0.2, 0.25) is 0 Å². The Labute approximate surface area is 308 Å². The molecule has 280 valence electrons. The van der Waals surface area contributed by atoms with Crippen molar-refractivity contribution in [1.29, 1.82) is 0 Å². The maximum absolute atomic E-state index is 12.9. The molecule has 0 saturated carbocycles. The summed E-state index contributed by atoms with van der Waals surface area (Å²) in [4.78, 5) is 19.5. The molecule has 0 saturated heterocycles. The minimum absolute atomic E-state index is 0. The summed E-state index contributed by atoms with van der Waals surface area (Å²) >= 11 is 0. The van der Waals surface area contributed by atoms with Crippen LogP contribution < -0.4 is 20.4 Å². The van der Waals surface area contributed by atoms with Crippen molar-refractivity contribution in [1.82, 2.24) is 0 Å². The van der Waals surface area contributed by atoms with Crippen molar-refractivity contribution in [2.45, 2.75) is 236 Å². The Bertz CT molecular complexity index is 618. The standard InChI is InChI=1S/2C14H29O.2C6H12O2.Ti/c2*1-6-11-12-14(15,10-5)13(7-2,8-3)9-4;2*1-2-3-4-5-6(7)8;/h2*6-12H2,1-5H3;2*2-5H2,1H3,(H,7,8);/q2*-1;;;+4/p-2. The third-order valence-electron chi connectivity index (χ3n) is 11.0. The number of unbranched alkanes of at least 4 members (excludes halogenated alkanes) is 6. The van der Waals surface area contributed by atoms with Crippen LogP contribution in [0.1, 0.15) is 224 Å². The molecular weight excluding hydrogens is 624 g/mol. The zero-order chi connectivity index (χ0) is 36.7. The molecule has 0 aromatic heterocycles. The molecule has 0 heterocycles. The Hall–Kier alpha value is -0.426. The third-order valence-corrected chi connectivity index (χ3v) is 11.0. The number of carboxylic acid groups (broad SMARTS) is 2. The van der Waals surface area contributed by atoms with Crippen LogP contribution in [0.4, 0.5) is 0 Å². The van der Waals surface area contributed by atoms with Gasteiger partial charge in [0.05, 0.1) is 0 Å². The summed E-state index contributed by atoms with van der Waals surface area (Å²) in [5, 5.41) is 45.4. The van der Waals surface area contributed by atoms with Gasteiger partial charge < -0.3 is 30.0 Å². The predicted molar refractivity (Wildman–Crippen MR) is 190 cm³/mol. The molecule has 6 nitrogen and oxygen atoms in total. The van der Waals surface area contributed by atoms with Gasteiger partial charge in [0.15, 0.2) is 0 Å². The molecule has 0 radical (unpaired) electrons. The van der Waals surface area contributed by atoms with Crippen molar-refractivity contribution in [3.63, 3.8) is 0 Å². The van der Waals surface area contributed by atoms with Crippen molar-refractivity contribution >= 4 is 11.9 Å². The van der Waals surface area contributed by atoms with Crippen molar-refractivity contribution in [2.75, 3.05) is 0 Å². The number of carbonyl (C=O) groups excluding carboxylic acids is 2. The van der Waals surface area contributed by atoms with Gasteiger partial charge in [0.1, 0.15) is 0 Å². The van der Waals surface area contributed by atoms with E-state index in [2.05, 4.69) is 69.2 Å². The molecule has 0 rings (SSSR count). The molecule has 2 unspecified atom stereocenters. The number of rotatable bonds is 24. The molecule has 0 spiro atoms. The normalized spacial score (nSPS) is 13.6. The quantitative estimate of drug-likeness (QED) is 0.0733. The number of hydrogen-bond donors (Lipinski definition) is 0. The molecule has 0 aromatic carbocycles. The molecule has 2 atom stereocenters. The van der Waals surface area contributed by atoms with E-state index in [1.807, 2.05) is 13.8 Å². The molecular formula is C40H80O6Ti. The topological polar surface area (TPSA) is 126 Å². The summed E-state index contributed by atoms with van der Waals surface area (Å²) in [6, 6.07) is 0. The summed E-state index contributed by atoms with van der Waals surface area (Å²) in [5.41, 5.74) is -1.34. The smallest absolute Gasteiger partial charge is 0.849 e. The van der Waals surface area contributed by atoms with Gasteiger partial charge in [-0.2, -0.15) is 0 Å². The molecule has 0 fully saturated rings. The number of aliphatic carboxylic acids is 2. The first kappa shape index (κ1) is 56.0. The maximum Gasteiger partial charge on any atom is 4.00 e. The van der Waals surface area contributed by atoms with Crippen molar-refractivity contribution in [2.24, 2.45) is 10.8 Å². The Kier molecular flexibility index (Phi) is 40.5. The van der Waals surface area contributed by atoms with E-state index in [4.69, 9.17) is 0 Å². The second-order valence-corrected chi connectivity index (χ2v) is 13.2. The van der Waals surface area contributed by atoms with Gasteiger partial charge in [0.25, 0.3) is 0 Å². The van der Waals surface area contributed by atoms with E-state index in [1.54, 1.807) is 0 Å². The van der Waals surface area contributed by atoms with E-state index < -0.39 is 23.1 Å². The molecule has 0 bridgehead atoms. The molecule has 0 aliphatic carbocycles. The van der Waals surface area contributed by atoms with Crippen LogP contribution >= 0.6 is 0 Å². The SMILES string of the molecule is CCCCC([O-])(CC)C(CC)(CC)CC.CCCCC([O-])(CC)C(CC)(CC)CC.CCCCCC(=O)[O-].CCCCCC(=O)[O-].[Ti+4]. The molecule has 0 aliphatic heterocycles. The van der Waals surface area contributed by atoms with E-state index in [0.29, 0.717) is 0 Å². The number of carbonyl (C=O) groups is 2. The average molecular weight is 705 g/mol. The van der Waals surface area contributed by atoms with Crippen molar-refractivity contribution in [3.8, 4) is 0 Å².